The molecule has 7 heteroatoms. The van der Waals surface area contributed by atoms with Crippen LogP contribution in [0.25, 0.3) is 0 Å². The normalized spacial score (nSPS) is 17.6. The van der Waals surface area contributed by atoms with Crippen LogP contribution in [0.15, 0.2) is 39.0 Å². The summed E-state index contributed by atoms with van der Waals surface area (Å²) >= 11 is 0. The molecule has 0 aromatic heterocycles. The number of nitrogens with zero attached hydrogens (tertiary/aromatic N) is 1. The van der Waals surface area contributed by atoms with Crippen molar-refractivity contribution in [1.29, 1.82) is 0 Å². The molecule has 0 fully saturated rings. The second kappa shape index (κ2) is 8.66. The van der Waals surface area contributed by atoms with Crippen molar-refractivity contribution in [2.75, 3.05) is 17.8 Å². The van der Waals surface area contributed by atoms with Gasteiger partial charge in [0.25, 0.3) is 0 Å². The number of hydrogen-bond acceptors (Lipinski definition) is 3. The summed E-state index contributed by atoms with van der Waals surface area (Å²) in [6.45, 7) is 8.32. The van der Waals surface area contributed by atoms with E-state index in [9.17, 15) is 9.00 Å². The molecule has 0 radical (unpaired) electrons. The van der Waals surface area contributed by atoms with Crippen LogP contribution in [0.5, 0.6) is 0 Å². The zero-order valence-corrected chi connectivity index (χ0v) is 22.3. The van der Waals surface area contributed by atoms with E-state index >= 15 is 0 Å². The van der Waals surface area contributed by atoms with Crippen LogP contribution in [-0.2, 0) is 35.6 Å². The fraction of sp³-hybridized carbons (Fsp3) is 0.500. The van der Waals surface area contributed by atoms with Gasteiger partial charge in [0.2, 0.25) is 0 Å². The highest BCUT2D eigenvalue weighted by atomic mass is 32.3. The Morgan fingerprint density at radius 1 is 0.939 bits per heavy atom. The number of fused-ring (bicyclic) bond motifs is 2. The molecule has 0 bridgehead atoms. The molecule has 180 valence electrons. The monoisotopic (exact) mass is 487 g/mol. The molecule has 33 heavy (non-hydrogen) atoms. The van der Waals surface area contributed by atoms with Gasteiger partial charge in [0.15, 0.2) is 9.92 Å². The fourth-order valence-electron chi connectivity index (χ4n) is 4.45. The molecule has 5 nitrogen and oxygen atoms in total. The van der Waals surface area contributed by atoms with Crippen molar-refractivity contribution in [2.45, 2.75) is 75.9 Å². The van der Waals surface area contributed by atoms with Gasteiger partial charge in [-0.25, -0.2) is 13.7 Å². The fourth-order valence-corrected chi connectivity index (χ4v) is 8.86. The number of carbonyl (C=O) groups excluding carboxylic acids is 1. The van der Waals surface area contributed by atoms with E-state index in [-0.39, 0.29) is 4.75 Å². The Labute approximate surface area is 200 Å². The van der Waals surface area contributed by atoms with Crippen molar-refractivity contribution in [1.82, 2.24) is 4.72 Å². The third-order valence-corrected chi connectivity index (χ3v) is 13.8. The topological polar surface area (TPSA) is 70.6 Å². The average molecular weight is 488 g/mol. The molecular formula is C26H37N3O2S2. The molecule has 0 saturated carbocycles. The van der Waals surface area contributed by atoms with Gasteiger partial charge in [-0.15, -0.1) is 10.2 Å². The maximum atomic E-state index is 14.3. The molecule has 2 N–H and O–H groups in total. The van der Waals surface area contributed by atoms with Gasteiger partial charge < -0.3 is 5.32 Å². The van der Waals surface area contributed by atoms with Gasteiger partial charge >= 0.3 is 6.03 Å². The molecular weight excluding hydrogens is 450 g/mol. The predicted octanol–water partition coefficient (Wildman–Crippen LogP) is 6.31. The van der Waals surface area contributed by atoms with E-state index in [1.165, 1.54) is 22.3 Å². The van der Waals surface area contributed by atoms with Gasteiger partial charge in [0.05, 0.1) is 4.90 Å². The molecule has 0 saturated heterocycles. The Morgan fingerprint density at radius 2 is 1.48 bits per heavy atom. The van der Waals surface area contributed by atoms with Crippen molar-refractivity contribution < 1.29 is 9.00 Å². The molecule has 2 aromatic rings. The van der Waals surface area contributed by atoms with Crippen LogP contribution >= 0.6 is 10.2 Å². The highest BCUT2D eigenvalue weighted by molar-refractivity contribution is 8.35. The second-order valence-electron chi connectivity index (χ2n) is 10.6. The number of anilines is 1. The number of benzene rings is 2. The molecule has 2 amide bonds. The predicted molar refractivity (Wildman–Crippen MR) is 142 cm³/mol. The van der Waals surface area contributed by atoms with Gasteiger partial charge in [-0.2, -0.15) is 3.77 Å². The summed E-state index contributed by atoms with van der Waals surface area (Å²) in [4.78, 5) is 13.9. The van der Waals surface area contributed by atoms with Crippen LogP contribution in [0.1, 0.15) is 61.4 Å². The molecule has 0 heterocycles. The lowest BCUT2D eigenvalue weighted by Crippen LogP contribution is -2.36. The maximum absolute atomic E-state index is 14.3. The Morgan fingerprint density at radius 3 is 2.00 bits per heavy atom. The van der Waals surface area contributed by atoms with Crippen LogP contribution in [-0.4, -0.2) is 27.5 Å². The quantitative estimate of drug-likeness (QED) is 0.530. The molecule has 0 spiro atoms. The molecule has 2 aliphatic rings. The van der Waals surface area contributed by atoms with Gasteiger partial charge in [-0.1, -0.05) is 44.5 Å². The summed E-state index contributed by atoms with van der Waals surface area (Å²) in [6, 6.07) is 9.37. The lowest BCUT2D eigenvalue weighted by Gasteiger charge is -2.40. The van der Waals surface area contributed by atoms with Gasteiger partial charge in [0, 0.05) is 10.4 Å². The molecule has 1 atom stereocenters. The highest BCUT2D eigenvalue weighted by Crippen LogP contribution is 2.55. The first-order valence-corrected chi connectivity index (χ1v) is 15.6. The number of urea groups is 1. The van der Waals surface area contributed by atoms with Crippen molar-refractivity contribution >= 4 is 31.8 Å². The number of aryl methyl sites for hydroxylation is 3. The lowest BCUT2D eigenvalue weighted by atomic mass is 9.99. The van der Waals surface area contributed by atoms with Crippen LogP contribution in [0.4, 0.5) is 10.5 Å². The molecule has 4 rings (SSSR count). The number of rotatable bonds is 4. The minimum atomic E-state index is -3.17. The lowest BCUT2D eigenvalue weighted by molar-refractivity contribution is 0.257. The Hall–Kier alpha value is -1.99. The van der Waals surface area contributed by atoms with E-state index in [0.29, 0.717) is 4.90 Å². The summed E-state index contributed by atoms with van der Waals surface area (Å²) in [5, 5.41) is 3.12. The summed E-state index contributed by atoms with van der Waals surface area (Å²) < 4.78 is 21.9. The maximum Gasteiger partial charge on any atom is 0.331 e. The first-order valence-electron chi connectivity index (χ1n) is 11.7. The summed E-state index contributed by atoms with van der Waals surface area (Å²) in [7, 11) is -4.82. The standard InChI is InChI=1S/C26H37N3O2S2/c1-18-13-15-21(16-14-18)33(31,29-32(5,6)26(2,3)4)28-25(30)27-24-22-11-7-9-19(22)17-20-10-8-12-23(20)24/h13-17H,7-12H2,1-6H3,(H2,27,28,29,30,31). The van der Waals surface area contributed by atoms with E-state index in [1.807, 2.05) is 31.2 Å². The SMILES string of the molecule is Cc1ccc(S(=O)(=NS(C)(C)C(C)(C)C)NC(=O)Nc2c3c(cc4c2CCC4)CCC3)cc1. The average Bonchev–Trinajstić information content (AvgIpc) is 3.36. The minimum Gasteiger partial charge on any atom is -0.307 e. The first kappa shape index (κ1) is 24.1. The number of carbonyl (C=O) groups is 1. The number of hydrogen-bond donors (Lipinski definition) is 2. The second-order valence-corrected chi connectivity index (χ2v) is 16.7. The first-order chi connectivity index (χ1) is 15.4. The largest absolute Gasteiger partial charge is 0.331 e. The van der Waals surface area contributed by atoms with Crippen LogP contribution in [0.2, 0.25) is 0 Å². The van der Waals surface area contributed by atoms with Crippen molar-refractivity contribution in [3.05, 3.63) is 58.1 Å². The molecule has 0 aliphatic heterocycles. The van der Waals surface area contributed by atoms with E-state index in [4.69, 9.17) is 3.77 Å². The summed E-state index contributed by atoms with van der Waals surface area (Å²) in [6.07, 6.45) is 10.4. The van der Waals surface area contributed by atoms with Crippen molar-refractivity contribution in [3.63, 3.8) is 0 Å². The van der Waals surface area contributed by atoms with E-state index in [2.05, 4.69) is 49.4 Å². The van der Waals surface area contributed by atoms with Gasteiger partial charge in [0.1, 0.15) is 0 Å². The Bertz CT molecular complexity index is 1170. The number of amides is 2. The minimum absolute atomic E-state index is 0.153. The van der Waals surface area contributed by atoms with Gasteiger partial charge in [-0.05, 0) is 92.3 Å². The summed E-state index contributed by atoms with van der Waals surface area (Å²) in [5.41, 5.74) is 7.24. The van der Waals surface area contributed by atoms with Gasteiger partial charge in [-0.3, -0.25) is 0 Å². The number of nitrogens with one attached hydrogen (secondary N) is 2. The Kier molecular flexibility index (Phi) is 6.33. The zero-order chi connectivity index (χ0) is 24.0. The summed E-state index contributed by atoms with van der Waals surface area (Å²) in [5.74, 6) is 0. The third-order valence-electron chi connectivity index (χ3n) is 7.07. The van der Waals surface area contributed by atoms with Crippen LogP contribution in [0, 0.1) is 6.92 Å². The highest BCUT2D eigenvalue weighted by Gasteiger charge is 2.31. The van der Waals surface area contributed by atoms with Crippen molar-refractivity contribution in [2.24, 2.45) is 3.77 Å². The Balaban J connectivity index is 1.72. The van der Waals surface area contributed by atoms with E-state index in [1.54, 1.807) is 0 Å². The van der Waals surface area contributed by atoms with Crippen LogP contribution < -0.4 is 10.0 Å². The molecule has 1 unspecified atom stereocenters. The van der Waals surface area contributed by atoms with Crippen LogP contribution in [0.3, 0.4) is 0 Å². The van der Waals surface area contributed by atoms with E-state index in [0.717, 1.165) is 49.8 Å². The van der Waals surface area contributed by atoms with Crippen molar-refractivity contribution in [3.8, 4) is 0 Å². The molecule has 2 aliphatic carbocycles. The smallest absolute Gasteiger partial charge is 0.307 e. The molecule has 2 aromatic carbocycles. The van der Waals surface area contributed by atoms with E-state index < -0.39 is 26.2 Å². The zero-order valence-electron chi connectivity index (χ0n) is 20.7. The third kappa shape index (κ3) is 4.80.